The summed E-state index contributed by atoms with van der Waals surface area (Å²) in [6, 6.07) is 3.33. The highest BCUT2D eigenvalue weighted by atomic mass is 31.0. The molecule has 8 heteroatoms. The minimum atomic E-state index is -0.451. The standard InChI is InChI=1S/C28H40FN2O4P/c1-16(29)9-12-30-27(33)24-17-5-6-18(13-17)25(24)31-26(32)20-14-22(23(36)15-21(20)34-4)35-19-7-10-28(2,3)11-8-19/h14-15,17-19,24-25H,1,5-13,36H2,2-4H3,(H,30,33)(H,31,32)/t17-,18+,24+,25-/m1/s1. The number of halogens is 1. The first-order valence-electron chi connectivity index (χ1n) is 13.1. The Hall–Kier alpha value is -2.14. The fourth-order valence-electron chi connectivity index (χ4n) is 6.24. The van der Waals surface area contributed by atoms with Gasteiger partial charge in [0.05, 0.1) is 30.5 Å². The molecule has 1 unspecified atom stereocenters. The van der Waals surface area contributed by atoms with Crippen molar-refractivity contribution >= 4 is 26.4 Å². The molecule has 1 aromatic carbocycles. The molecule has 2 bridgehead atoms. The zero-order valence-electron chi connectivity index (χ0n) is 21.7. The van der Waals surface area contributed by atoms with Crippen LogP contribution in [0.4, 0.5) is 4.39 Å². The SMILES string of the molecule is C=C(F)CCNC(=O)[C@H]1[C@@H]2CC[C@@H](C2)[C@H]1NC(=O)c1cc(OC2CCC(C)(C)CC2)c(P)cc1OC. The van der Waals surface area contributed by atoms with Gasteiger partial charge in [0.15, 0.2) is 0 Å². The molecule has 3 fully saturated rings. The van der Waals surface area contributed by atoms with E-state index in [0.29, 0.717) is 22.5 Å². The molecule has 5 atom stereocenters. The van der Waals surface area contributed by atoms with Crippen LogP contribution in [-0.4, -0.2) is 37.6 Å². The third-order valence-corrected chi connectivity index (χ3v) is 8.82. The molecule has 198 valence electrons. The third kappa shape index (κ3) is 6.04. The fourth-order valence-corrected chi connectivity index (χ4v) is 6.54. The van der Waals surface area contributed by atoms with Gasteiger partial charge in [-0.1, -0.05) is 20.4 Å². The molecule has 2 amide bonds. The van der Waals surface area contributed by atoms with Gasteiger partial charge in [0.25, 0.3) is 5.91 Å². The Morgan fingerprint density at radius 3 is 2.50 bits per heavy atom. The Morgan fingerprint density at radius 1 is 1.14 bits per heavy atom. The van der Waals surface area contributed by atoms with E-state index < -0.39 is 5.83 Å². The Kier molecular flexibility index (Phi) is 8.28. The van der Waals surface area contributed by atoms with E-state index in [1.165, 1.54) is 0 Å². The lowest BCUT2D eigenvalue weighted by atomic mass is 9.76. The van der Waals surface area contributed by atoms with Gasteiger partial charge in [0, 0.05) is 24.3 Å². The summed E-state index contributed by atoms with van der Waals surface area (Å²) in [5.41, 5.74) is 0.753. The van der Waals surface area contributed by atoms with Crippen LogP contribution in [0.5, 0.6) is 11.5 Å². The summed E-state index contributed by atoms with van der Waals surface area (Å²) in [5.74, 6) is 0.495. The van der Waals surface area contributed by atoms with Gasteiger partial charge in [-0.25, -0.2) is 4.39 Å². The molecular weight excluding hydrogens is 478 g/mol. The molecule has 3 saturated carbocycles. The molecule has 2 N–H and O–H groups in total. The molecule has 0 radical (unpaired) electrons. The lowest BCUT2D eigenvalue weighted by molar-refractivity contribution is -0.127. The van der Waals surface area contributed by atoms with Crippen molar-refractivity contribution < 1.29 is 23.5 Å². The maximum Gasteiger partial charge on any atom is 0.255 e. The number of rotatable bonds is 9. The van der Waals surface area contributed by atoms with E-state index in [0.717, 1.165) is 50.3 Å². The predicted octanol–water partition coefficient (Wildman–Crippen LogP) is 4.68. The average molecular weight is 519 g/mol. The number of hydrogen-bond acceptors (Lipinski definition) is 4. The molecule has 0 aromatic heterocycles. The van der Waals surface area contributed by atoms with Crippen molar-refractivity contribution in [3.63, 3.8) is 0 Å². The second kappa shape index (κ2) is 11.1. The van der Waals surface area contributed by atoms with Crippen molar-refractivity contribution in [2.45, 2.75) is 77.4 Å². The van der Waals surface area contributed by atoms with E-state index in [4.69, 9.17) is 9.47 Å². The maximum absolute atomic E-state index is 13.5. The lowest BCUT2D eigenvalue weighted by Gasteiger charge is -2.34. The first-order chi connectivity index (χ1) is 17.1. The zero-order valence-corrected chi connectivity index (χ0v) is 22.9. The average Bonchev–Trinajstić information content (AvgIpc) is 3.43. The predicted molar refractivity (Wildman–Crippen MR) is 142 cm³/mol. The summed E-state index contributed by atoms with van der Waals surface area (Å²) in [5, 5.41) is 6.84. The van der Waals surface area contributed by atoms with Crippen molar-refractivity contribution in [2.75, 3.05) is 13.7 Å². The summed E-state index contributed by atoms with van der Waals surface area (Å²) in [6.45, 7) is 8.05. The fraction of sp³-hybridized carbons (Fsp3) is 0.643. The van der Waals surface area contributed by atoms with E-state index in [9.17, 15) is 14.0 Å². The first-order valence-corrected chi connectivity index (χ1v) is 13.7. The topological polar surface area (TPSA) is 76.7 Å². The van der Waals surface area contributed by atoms with E-state index in [1.807, 2.05) is 6.07 Å². The Bertz CT molecular complexity index is 1000. The van der Waals surface area contributed by atoms with Gasteiger partial charge in [-0.15, -0.1) is 9.24 Å². The van der Waals surface area contributed by atoms with E-state index in [-0.39, 0.29) is 54.7 Å². The van der Waals surface area contributed by atoms with Gasteiger partial charge in [0.1, 0.15) is 11.5 Å². The van der Waals surface area contributed by atoms with Gasteiger partial charge in [-0.3, -0.25) is 9.59 Å². The van der Waals surface area contributed by atoms with Gasteiger partial charge >= 0.3 is 0 Å². The molecule has 0 heterocycles. The molecule has 36 heavy (non-hydrogen) atoms. The van der Waals surface area contributed by atoms with Crippen LogP contribution in [0.15, 0.2) is 24.5 Å². The van der Waals surface area contributed by atoms with Gasteiger partial charge in [-0.2, -0.15) is 0 Å². The minimum Gasteiger partial charge on any atom is -0.496 e. The van der Waals surface area contributed by atoms with E-state index >= 15 is 0 Å². The van der Waals surface area contributed by atoms with Crippen molar-refractivity contribution in [2.24, 2.45) is 23.2 Å². The van der Waals surface area contributed by atoms with Crippen LogP contribution in [0.3, 0.4) is 0 Å². The van der Waals surface area contributed by atoms with Crippen molar-refractivity contribution in [3.8, 4) is 11.5 Å². The summed E-state index contributed by atoms with van der Waals surface area (Å²) in [4.78, 5) is 26.5. The number of ether oxygens (including phenoxy) is 2. The monoisotopic (exact) mass is 518 g/mol. The van der Waals surface area contributed by atoms with Gasteiger partial charge in [0.2, 0.25) is 5.91 Å². The lowest BCUT2D eigenvalue weighted by Crippen LogP contribution is -2.50. The number of nitrogens with one attached hydrogen (secondary N) is 2. The number of methoxy groups -OCH3 is 1. The van der Waals surface area contributed by atoms with E-state index in [1.54, 1.807) is 13.2 Å². The van der Waals surface area contributed by atoms with Crippen molar-refractivity contribution in [1.29, 1.82) is 0 Å². The van der Waals surface area contributed by atoms with Crippen LogP contribution in [0.1, 0.15) is 75.6 Å². The number of benzene rings is 1. The smallest absolute Gasteiger partial charge is 0.255 e. The second-order valence-electron chi connectivity index (χ2n) is 11.5. The highest BCUT2D eigenvalue weighted by Gasteiger charge is 2.51. The molecule has 6 nitrogen and oxygen atoms in total. The molecule has 3 aliphatic carbocycles. The molecule has 0 saturated heterocycles. The Labute approximate surface area is 216 Å². The molecule has 1 aromatic rings. The molecular formula is C28H40FN2O4P. The molecule has 0 aliphatic heterocycles. The minimum absolute atomic E-state index is 0.101. The quantitative estimate of drug-likeness (QED) is 0.466. The molecule has 4 rings (SSSR count). The number of carbonyl (C=O) groups excluding carboxylic acids is 2. The Balaban J connectivity index is 1.48. The normalized spacial score (nSPS) is 26.9. The van der Waals surface area contributed by atoms with Crippen LogP contribution in [-0.2, 0) is 4.79 Å². The van der Waals surface area contributed by atoms with Crippen molar-refractivity contribution in [3.05, 3.63) is 30.1 Å². The number of hydrogen-bond donors (Lipinski definition) is 2. The second-order valence-corrected chi connectivity index (χ2v) is 12.1. The number of amides is 2. The van der Waals surface area contributed by atoms with Crippen LogP contribution in [0, 0.1) is 23.2 Å². The van der Waals surface area contributed by atoms with E-state index in [2.05, 4.69) is 40.3 Å². The summed E-state index contributed by atoms with van der Waals surface area (Å²) < 4.78 is 24.9. The van der Waals surface area contributed by atoms with Gasteiger partial charge in [-0.05, 0) is 74.3 Å². The molecule has 0 spiro atoms. The van der Waals surface area contributed by atoms with Gasteiger partial charge < -0.3 is 20.1 Å². The highest BCUT2D eigenvalue weighted by Crippen LogP contribution is 2.49. The van der Waals surface area contributed by atoms with Crippen LogP contribution >= 0.6 is 9.24 Å². The van der Waals surface area contributed by atoms with Crippen molar-refractivity contribution in [1.82, 2.24) is 10.6 Å². The largest absolute Gasteiger partial charge is 0.496 e. The van der Waals surface area contributed by atoms with Crippen LogP contribution < -0.4 is 25.4 Å². The Morgan fingerprint density at radius 2 is 1.83 bits per heavy atom. The summed E-state index contributed by atoms with van der Waals surface area (Å²) in [6.07, 6.45) is 7.32. The first kappa shape index (κ1) is 26.9. The number of carbonyl (C=O) groups is 2. The van der Waals surface area contributed by atoms with Crippen LogP contribution in [0.2, 0.25) is 0 Å². The zero-order chi connectivity index (χ0) is 26.0. The highest BCUT2D eigenvalue weighted by molar-refractivity contribution is 7.27. The summed E-state index contributed by atoms with van der Waals surface area (Å²) >= 11 is 0. The molecule has 3 aliphatic rings. The third-order valence-electron chi connectivity index (χ3n) is 8.37. The summed E-state index contributed by atoms with van der Waals surface area (Å²) in [7, 11) is 4.23. The maximum atomic E-state index is 13.5. The van der Waals surface area contributed by atoms with Crippen LogP contribution in [0.25, 0.3) is 0 Å². The number of fused-ring (bicyclic) bond motifs is 2.